The van der Waals surface area contributed by atoms with Gasteiger partial charge in [0.2, 0.25) is 5.95 Å². The number of aryl methyl sites for hydroxylation is 1. The van der Waals surface area contributed by atoms with E-state index in [-0.39, 0.29) is 12.5 Å². The van der Waals surface area contributed by atoms with Gasteiger partial charge in [-0.2, -0.15) is 0 Å². The second kappa shape index (κ2) is 9.37. The summed E-state index contributed by atoms with van der Waals surface area (Å²) in [5.74, 6) is 1.06. The van der Waals surface area contributed by atoms with Gasteiger partial charge < -0.3 is 14.2 Å². The van der Waals surface area contributed by atoms with Crippen molar-refractivity contribution in [3.05, 3.63) is 54.1 Å². The van der Waals surface area contributed by atoms with Crippen molar-refractivity contribution in [1.82, 2.24) is 14.5 Å². The molecule has 0 atom stereocenters. The number of rotatable bonds is 9. The quantitative estimate of drug-likeness (QED) is 0.615. The van der Waals surface area contributed by atoms with Crippen molar-refractivity contribution in [3.8, 4) is 5.75 Å². The summed E-state index contributed by atoms with van der Waals surface area (Å²) in [7, 11) is 0. The molecule has 28 heavy (non-hydrogen) atoms. The van der Waals surface area contributed by atoms with E-state index in [4.69, 9.17) is 4.74 Å². The molecule has 0 fully saturated rings. The summed E-state index contributed by atoms with van der Waals surface area (Å²) < 4.78 is 7.73. The van der Waals surface area contributed by atoms with Crippen LogP contribution >= 0.6 is 0 Å². The van der Waals surface area contributed by atoms with Crippen molar-refractivity contribution >= 4 is 22.9 Å². The number of amides is 1. The van der Waals surface area contributed by atoms with Crippen molar-refractivity contribution in [2.24, 2.45) is 0 Å². The summed E-state index contributed by atoms with van der Waals surface area (Å²) in [4.78, 5) is 19.4. The van der Waals surface area contributed by atoms with Crippen molar-refractivity contribution in [2.75, 3.05) is 31.6 Å². The zero-order valence-electron chi connectivity index (χ0n) is 16.8. The first-order valence-electron chi connectivity index (χ1n) is 9.78. The molecule has 0 saturated carbocycles. The fraction of sp³-hybridized carbons (Fsp3) is 0.364. The number of fused-ring (bicyclic) bond motifs is 1. The van der Waals surface area contributed by atoms with Crippen LogP contribution in [0.4, 0.5) is 5.95 Å². The minimum atomic E-state index is -0.220. The Morgan fingerprint density at radius 2 is 1.82 bits per heavy atom. The molecule has 0 saturated heterocycles. The van der Waals surface area contributed by atoms with Gasteiger partial charge in [0.25, 0.3) is 5.91 Å². The first kappa shape index (κ1) is 19.9. The molecule has 0 aliphatic rings. The number of aromatic nitrogens is 2. The second-order valence-corrected chi connectivity index (χ2v) is 6.70. The van der Waals surface area contributed by atoms with Gasteiger partial charge in [-0.1, -0.05) is 44.2 Å². The number of imidazole rings is 1. The fourth-order valence-electron chi connectivity index (χ4n) is 3.20. The van der Waals surface area contributed by atoms with Crippen LogP contribution in [-0.4, -0.2) is 46.6 Å². The summed E-state index contributed by atoms with van der Waals surface area (Å²) in [6, 6.07) is 15.6. The molecule has 1 amide bonds. The maximum Gasteiger partial charge on any atom is 0.264 e. The SMILES string of the molecule is CCN(CC)CCn1c(NC(=O)COc2ccccc2C)nc2ccccc21. The molecule has 2 aromatic carbocycles. The molecule has 3 aromatic rings. The van der Waals surface area contributed by atoms with Crippen molar-refractivity contribution in [1.29, 1.82) is 0 Å². The Morgan fingerprint density at radius 3 is 2.57 bits per heavy atom. The van der Waals surface area contributed by atoms with Crippen LogP contribution in [0.15, 0.2) is 48.5 Å². The maximum absolute atomic E-state index is 12.5. The third-order valence-electron chi connectivity index (χ3n) is 4.89. The molecule has 0 unspecified atom stereocenters. The van der Waals surface area contributed by atoms with Crippen LogP contribution in [0.25, 0.3) is 11.0 Å². The molecule has 1 heterocycles. The van der Waals surface area contributed by atoms with Gasteiger partial charge in [-0.05, 0) is 43.8 Å². The monoisotopic (exact) mass is 380 g/mol. The number of carbonyl (C=O) groups excluding carboxylic acids is 1. The van der Waals surface area contributed by atoms with Crippen molar-refractivity contribution in [3.63, 3.8) is 0 Å². The summed E-state index contributed by atoms with van der Waals surface area (Å²) in [5, 5.41) is 2.92. The highest BCUT2D eigenvalue weighted by molar-refractivity contribution is 5.92. The molecule has 0 spiro atoms. The van der Waals surface area contributed by atoms with E-state index in [0.717, 1.165) is 42.8 Å². The van der Waals surface area contributed by atoms with E-state index in [1.54, 1.807) is 0 Å². The van der Waals surface area contributed by atoms with Gasteiger partial charge in [-0.15, -0.1) is 0 Å². The lowest BCUT2D eigenvalue weighted by Gasteiger charge is -2.19. The van der Waals surface area contributed by atoms with Crippen LogP contribution in [0.2, 0.25) is 0 Å². The molecule has 0 bridgehead atoms. The average Bonchev–Trinajstić information content (AvgIpc) is 3.05. The highest BCUT2D eigenvalue weighted by atomic mass is 16.5. The molecular weight excluding hydrogens is 352 g/mol. The third-order valence-corrected chi connectivity index (χ3v) is 4.89. The largest absolute Gasteiger partial charge is 0.483 e. The molecule has 3 rings (SSSR count). The lowest BCUT2D eigenvalue weighted by atomic mass is 10.2. The molecule has 1 N–H and O–H groups in total. The van der Waals surface area contributed by atoms with Crippen molar-refractivity contribution in [2.45, 2.75) is 27.3 Å². The van der Waals surface area contributed by atoms with Crippen LogP contribution in [0, 0.1) is 6.92 Å². The molecule has 6 heteroatoms. The summed E-state index contributed by atoms with van der Waals surface area (Å²) in [6.07, 6.45) is 0. The third kappa shape index (κ3) is 4.70. The molecule has 148 valence electrons. The first-order chi connectivity index (χ1) is 13.6. The minimum absolute atomic E-state index is 0.0515. The Hall–Kier alpha value is -2.86. The molecule has 6 nitrogen and oxygen atoms in total. The Balaban J connectivity index is 1.73. The second-order valence-electron chi connectivity index (χ2n) is 6.70. The van der Waals surface area contributed by atoms with Gasteiger partial charge in [0.05, 0.1) is 11.0 Å². The Labute approximate surface area is 166 Å². The predicted octanol–water partition coefficient (Wildman–Crippen LogP) is 3.70. The number of likely N-dealkylation sites (N-methyl/N-ethyl adjacent to an activating group) is 1. The topological polar surface area (TPSA) is 59.4 Å². The maximum atomic E-state index is 12.5. The number of para-hydroxylation sites is 3. The van der Waals surface area contributed by atoms with E-state index >= 15 is 0 Å². The normalized spacial score (nSPS) is 11.1. The van der Waals surface area contributed by atoms with Gasteiger partial charge in [0, 0.05) is 13.1 Å². The van der Waals surface area contributed by atoms with Gasteiger partial charge >= 0.3 is 0 Å². The number of nitrogens with zero attached hydrogens (tertiary/aromatic N) is 3. The lowest BCUT2D eigenvalue weighted by Crippen LogP contribution is -2.28. The lowest BCUT2D eigenvalue weighted by molar-refractivity contribution is -0.118. The number of hydrogen-bond donors (Lipinski definition) is 1. The zero-order valence-corrected chi connectivity index (χ0v) is 16.8. The van der Waals surface area contributed by atoms with Gasteiger partial charge in [0.15, 0.2) is 6.61 Å². The summed E-state index contributed by atoms with van der Waals surface area (Å²) in [6.45, 7) is 9.86. The Kier molecular flexibility index (Phi) is 6.66. The van der Waals surface area contributed by atoms with Crippen LogP contribution in [0.1, 0.15) is 19.4 Å². The van der Waals surface area contributed by atoms with E-state index in [1.165, 1.54) is 0 Å². The fourth-order valence-corrected chi connectivity index (χ4v) is 3.20. The predicted molar refractivity (Wildman–Crippen MR) is 113 cm³/mol. The molecule has 1 aromatic heterocycles. The van der Waals surface area contributed by atoms with E-state index in [2.05, 4.69) is 33.6 Å². The molecule has 0 aliphatic heterocycles. The van der Waals surface area contributed by atoms with E-state index < -0.39 is 0 Å². The van der Waals surface area contributed by atoms with E-state index in [1.807, 2.05) is 55.5 Å². The molecular formula is C22H28N4O2. The number of hydrogen-bond acceptors (Lipinski definition) is 4. The summed E-state index contributed by atoms with van der Waals surface area (Å²) >= 11 is 0. The molecule has 0 radical (unpaired) electrons. The smallest absolute Gasteiger partial charge is 0.264 e. The van der Waals surface area contributed by atoms with Crippen molar-refractivity contribution < 1.29 is 9.53 Å². The van der Waals surface area contributed by atoms with Crippen LogP contribution < -0.4 is 10.1 Å². The highest BCUT2D eigenvalue weighted by Gasteiger charge is 2.14. The Morgan fingerprint density at radius 1 is 1.11 bits per heavy atom. The van der Waals surface area contributed by atoms with E-state index in [9.17, 15) is 4.79 Å². The average molecular weight is 380 g/mol. The number of carbonyl (C=O) groups is 1. The first-order valence-corrected chi connectivity index (χ1v) is 9.78. The zero-order chi connectivity index (χ0) is 19.9. The Bertz CT molecular complexity index is 931. The number of benzene rings is 2. The van der Waals surface area contributed by atoms with Crippen LogP contribution in [0.5, 0.6) is 5.75 Å². The standard InChI is InChI=1S/C22H28N4O2/c1-4-25(5-2)14-15-26-19-12-8-7-11-18(19)23-22(26)24-21(27)16-28-20-13-9-6-10-17(20)3/h6-13H,4-5,14-16H2,1-3H3,(H,23,24,27). The highest BCUT2D eigenvalue weighted by Crippen LogP contribution is 2.20. The van der Waals surface area contributed by atoms with Crippen LogP contribution in [-0.2, 0) is 11.3 Å². The summed E-state index contributed by atoms with van der Waals surface area (Å²) in [5.41, 5.74) is 2.89. The number of anilines is 1. The van der Waals surface area contributed by atoms with Gasteiger partial charge in [0.1, 0.15) is 5.75 Å². The van der Waals surface area contributed by atoms with E-state index in [0.29, 0.717) is 11.7 Å². The molecule has 0 aliphatic carbocycles. The van der Waals surface area contributed by atoms with Gasteiger partial charge in [-0.25, -0.2) is 4.98 Å². The minimum Gasteiger partial charge on any atom is -0.483 e. The van der Waals surface area contributed by atoms with Crippen LogP contribution in [0.3, 0.4) is 0 Å². The number of nitrogens with one attached hydrogen (secondary N) is 1. The number of ether oxygens (including phenoxy) is 1. The van der Waals surface area contributed by atoms with Gasteiger partial charge in [-0.3, -0.25) is 10.1 Å².